The standard InChI is InChI=1S/C23H22ClN5O2/c1-13-12-29(23(31)15-4-5-19(24)26-11-15)9-7-16(13)18-10-20(28-22(30)14-2-3-14)27-21-17(18)6-8-25-21/h4-8,10-11,13-14H,2-3,9,12H2,1H3,(H2,25,27,28,30). The molecule has 0 bridgehead atoms. The molecule has 5 rings (SSSR count). The van der Waals surface area contributed by atoms with Gasteiger partial charge in [0.25, 0.3) is 5.91 Å². The minimum Gasteiger partial charge on any atom is -0.346 e. The molecule has 2 aliphatic rings. The second-order valence-electron chi connectivity index (χ2n) is 8.20. The van der Waals surface area contributed by atoms with Crippen molar-refractivity contribution in [1.29, 1.82) is 0 Å². The first-order valence-corrected chi connectivity index (χ1v) is 10.8. The summed E-state index contributed by atoms with van der Waals surface area (Å²) in [4.78, 5) is 38.6. The Bertz CT molecular complexity index is 1200. The SMILES string of the molecule is CC1CN(C(=O)c2ccc(Cl)nc2)CC=C1c1cc(NC(=O)C2CC2)nc2[nH]ccc12. The predicted octanol–water partition coefficient (Wildman–Crippen LogP) is 4.14. The van der Waals surface area contributed by atoms with Gasteiger partial charge in [-0.25, -0.2) is 9.97 Å². The van der Waals surface area contributed by atoms with Crippen LogP contribution in [-0.2, 0) is 4.79 Å². The number of aromatic nitrogens is 3. The molecule has 8 heteroatoms. The molecule has 1 atom stereocenters. The minimum absolute atomic E-state index is 0.0309. The van der Waals surface area contributed by atoms with E-state index in [4.69, 9.17) is 11.6 Å². The number of hydrogen-bond acceptors (Lipinski definition) is 4. The van der Waals surface area contributed by atoms with Crippen LogP contribution in [0.1, 0.15) is 35.7 Å². The fraction of sp³-hybridized carbons (Fsp3) is 0.304. The lowest BCUT2D eigenvalue weighted by atomic mass is 9.89. The van der Waals surface area contributed by atoms with Crippen molar-refractivity contribution in [2.75, 3.05) is 18.4 Å². The number of hydrogen-bond donors (Lipinski definition) is 2. The summed E-state index contributed by atoms with van der Waals surface area (Å²) >= 11 is 5.84. The average Bonchev–Trinajstić information content (AvgIpc) is 3.51. The summed E-state index contributed by atoms with van der Waals surface area (Å²) in [6.45, 7) is 3.19. The number of anilines is 1. The molecular formula is C23H22ClN5O2. The van der Waals surface area contributed by atoms with Gasteiger partial charge in [0.2, 0.25) is 5.91 Å². The lowest BCUT2D eigenvalue weighted by Gasteiger charge is -2.31. The molecule has 1 aliphatic heterocycles. The molecule has 1 aliphatic carbocycles. The van der Waals surface area contributed by atoms with E-state index in [1.807, 2.05) is 23.2 Å². The van der Waals surface area contributed by atoms with E-state index in [1.165, 1.54) is 6.20 Å². The summed E-state index contributed by atoms with van der Waals surface area (Å²) in [5.41, 5.74) is 3.44. The molecule has 3 aromatic heterocycles. The molecule has 1 fully saturated rings. The van der Waals surface area contributed by atoms with Crippen LogP contribution in [0.5, 0.6) is 0 Å². The summed E-state index contributed by atoms with van der Waals surface area (Å²) < 4.78 is 0. The van der Waals surface area contributed by atoms with Gasteiger partial charge in [0, 0.05) is 36.8 Å². The lowest BCUT2D eigenvalue weighted by molar-refractivity contribution is -0.117. The number of nitrogens with one attached hydrogen (secondary N) is 2. The van der Waals surface area contributed by atoms with Gasteiger partial charge in [0.1, 0.15) is 16.6 Å². The van der Waals surface area contributed by atoms with Crippen LogP contribution in [0.4, 0.5) is 5.82 Å². The summed E-state index contributed by atoms with van der Waals surface area (Å²) in [7, 11) is 0. The topological polar surface area (TPSA) is 91.0 Å². The number of pyridine rings is 2. The molecular weight excluding hydrogens is 414 g/mol. The van der Waals surface area contributed by atoms with Crippen LogP contribution in [-0.4, -0.2) is 44.8 Å². The van der Waals surface area contributed by atoms with Crippen LogP contribution >= 0.6 is 11.6 Å². The molecule has 1 saturated carbocycles. The van der Waals surface area contributed by atoms with Crippen LogP contribution in [0.3, 0.4) is 0 Å². The number of carbonyl (C=O) groups is 2. The number of carbonyl (C=O) groups excluding carboxylic acids is 2. The fourth-order valence-corrected chi connectivity index (χ4v) is 4.17. The van der Waals surface area contributed by atoms with Gasteiger partial charge >= 0.3 is 0 Å². The number of fused-ring (bicyclic) bond motifs is 1. The molecule has 7 nitrogen and oxygen atoms in total. The van der Waals surface area contributed by atoms with Crippen molar-refractivity contribution in [1.82, 2.24) is 19.9 Å². The van der Waals surface area contributed by atoms with E-state index in [2.05, 4.69) is 33.3 Å². The van der Waals surface area contributed by atoms with Crippen molar-refractivity contribution < 1.29 is 9.59 Å². The van der Waals surface area contributed by atoms with E-state index < -0.39 is 0 Å². The van der Waals surface area contributed by atoms with Crippen molar-refractivity contribution in [3.63, 3.8) is 0 Å². The largest absolute Gasteiger partial charge is 0.346 e. The number of halogens is 1. The smallest absolute Gasteiger partial charge is 0.255 e. The van der Waals surface area contributed by atoms with Crippen molar-refractivity contribution >= 4 is 45.8 Å². The molecule has 4 heterocycles. The maximum Gasteiger partial charge on any atom is 0.255 e. The van der Waals surface area contributed by atoms with Gasteiger partial charge in [-0.3, -0.25) is 9.59 Å². The number of nitrogens with zero attached hydrogens (tertiary/aromatic N) is 3. The second-order valence-corrected chi connectivity index (χ2v) is 8.59. The third kappa shape index (κ3) is 3.93. The van der Waals surface area contributed by atoms with Crippen LogP contribution in [0.25, 0.3) is 16.6 Å². The number of aromatic amines is 1. The zero-order valence-electron chi connectivity index (χ0n) is 17.1. The van der Waals surface area contributed by atoms with E-state index in [-0.39, 0.29) is 23.7 Å². The minimum atomic E-state index is -0.0646. The highest BCUT2D eigenvalue weighted by Crippen LogP contribution is 2.35. The zero-order valence-corrected chi connectivity index (χ0v) is 17.8. The van der Waals surface area contributed by atoms with Gasteiger partial charge in [-0.05, 0) is 54.2 Å². The summed E-state index contributed by atoms with van der Waals surface area (Å²) in [5, 5.41) is 4.32. The Labute approximate surface area is 184 Å². The first-order valence-electron chi connectivity index (χ1n) is 10.4. The molecule has 3 aromatic rings. The van der Waals surface area contributed by atoms with E-state index in [0.29, 0.717) is 29.6 Å². The zero-order chi connectivity index (χ0) is 21.5. The van der Waals surface area contributed by atoms with Crippen molar-refractivity contribution in [3.8, 4) is 0 Å². The Morgan fingerprint density at radius 1 is 1.26 bits per heavy atom. The van der Waals surface area contributed by atoms with Crippen LogP contribution in [0.15, 0.2) is 42.7 Å². The summed E-state index contributed by atoms with van der Waals surface area (Å²) in [6, 6.07) is 7.26. The summed E-state index contributed by atoms with van der Waals surface area (Å²) in [5.74, 6) is 0.749. The highest BCUT2D eigenvalue weighted by Gasteiger charge is 2.30. The van der Waals surface area contributed by atoms with Crippen molar-refractivity contribution in [3.05, 3.63) is 59.0 Å². The molecule has 0 radical (unpaired) electrons. The first-order chi connectivity index (χ1) is 15.0. The highest BCUT2D eigenvalue weighted by atomic mass is 35.5. The van der Waals surface area contributed by atoms with E-state index >= 15 is 0 Å². The quantitative estimate of drug-likeness (QED) is 0.602. The Morgan fingerprint density at radius 2 is 2.10 bits per heavy atom. The normalized spacial score (nSPS) is 18.7. The van der Waals surface area contributed by atoms with Gasteiger partial charge in [-0.15, -0.1) is 0 Å². The van der Waals surface area contributed by atoms with Crippen LogP contribution in [0.2, 0.25) is 5.15 Å². The molecule has 0 spiro atoms. The highest BCUT2D eigenvalue weighted by molar-refractivity contribution is 6.29. The van der Waals surface area contributed by atoms with E-state index in [1.54, 1.807) is 12.1 Å². The lowest BCUT2D eigenvalue weighted by Crippen LogP contribution is -2.38. The maximum absolute atomic E-state index is 12.9. The van der Waals surface area contributed by atoms with Gasteiger partial charge in [-0.2, -0.15) is 0 Å². The first kappa shape index (κ1) is 19.8. The molecule has 2 N–H and O–H groups in total. The Balaban J connectivity index is 1.43. The Hall–Kier alpha value is -3.19. The second kappa shape index (κ2) is 7.81. The van der Waals surface area contributed by atoms with Crippen LogP contribution < -0.4 is 5.32 Å². The molecule has 1 unspecified atom stereocenters. The van der Waals surface area contributed by atoms with Crippen LogP contribution in [0, 0.1) is 11.8 Å². The third-order valence-electron chi connectivity index (χ3n) is 5.86. The number of rotatable bonds is 4. The summed E-state index contributed by atoms with van der Waals surface area (Å²) in [6.07, 6.45) is 7.33. The molecule has 31 heavy (non-hydrogen) atoms. The predicted molar refractivity (Wildman–Crippen MR) is 120 cm³/mol. The molecule has 158 valence electrons. The Morgan fingerprint density at radius 3 is 2.81 bits per heavy atom. The molecule has 0 saturated heterocycles. The van der Waals surface area contributed by atoms with Gasteiger partial charge in [0.05, 0.1) is 5.56 Å². The number of amides is 2. The monoisotopic (exact) mass is 435 g/mol. The third-order valence-corrected chi connectivity index (χ3v) is 6.08. The van der Waals surface area contributed by atoms with E-state index in [0.717, 1.165) is 35.0 Å². The van der Waals surface area contributed by atoms with E-state index in [9.17, 15) is 9.59 Å². The number of H-pyrrole nitrogens is 1. The molecule has 2 amide bonds. The van der Waals surface area contributed by atoms with Gasteiger partial charge < -0.3 is 15.2 Å². The van der Waals surface area contributed by atoms with Gasteiger partial charge in [-0.1, -0.05) is 24.6 Å². The fourth-order valence-electron chi connectivity index (χ4n) is 4.05. The Kier molecular flexibility index (Phi) is 4.98. The van der Waals surface area contributed by atoms with Crippen molar-refractivity contribution in [2.24, 2.45) is 11.8 Å². The maximum atomic E-state index is 12.9. The molecule has 0 aromatic carbocycles. The average molecular weight is 436 g/mol. The van der Waals surface area contributed by atoms with Crippen molar-refractivity contribution in [2.45, 2.75) is 19.8 Å². The van der Waals surface area contributed by atoms with Gasteiger partial charge in [0.15, 0.2) is 0 Å².